The molecule has 2 aromatic carbocycles. The molecule has 0 radical (unpaired) electrons. The van der Waals surface area contributed by atoms with E-state index in [4.69, 9.17) is 0 Å². The Labute approximate surface area is 139 Å². The lowest BCUT2D eigenvalue weighted by Crippen LogP contribution is -2.27. The Hall–Kier alpha value is -2.95. The van der Waals surface area contributed by atoms with E-state index in [1.54, 1.807) is 25.1 Å². The van der Waals surface area contributed by atoms with Crippen molar-refractivity contribution in [2.75, 3.05) is 0 Å². The molecule has 1 atom stereocenters. The van der Waals surface area contributed by atoms with E-state index in [9.17, 15) is 9.18 Å². The topological polar surface area (TPSA) is 46.9 Å². The minimum Gasteiger partial charge on any atom is -0.345 e. The maximum absolute atomic E-state index is 13.9. The highest BCUT2D eigenvalue weighted by molar-refractivity contribution is 5.95. The van der Waals surface area contributed by atoms with E-state index >= 15 is 0 Å². The Morgan fingerprint density at radius 2 is 1.79 bits per heavy atom. The van der Waals surface area contributed by atoms with Crippen LogP contribution in [0.2, 0.25) is 0 Å². The van der Waals surface area contributed by atoms with E-state index in [0.717, 1.165) is 5.56 Å². The fraction of sp³-hybridized carbons (Fsp3) is 0.158. The molecule has 122 valence electrons. The van der Waals surface area contributed by atoms with E-state index in [2.05, 4.69) is 10.4 Å². The molecule has 0 bridgehead atoms. The molecule has 1 unspecified atom stereocenters. The van der Waals surface area contributed by atoms with Crippen LogP contribution in [-0.2, 0) is 0 Å². The van der Waals surface area contributed by atoms with Gasteiger partial charge < -0.3 is 5.32 Å². The van der Waals surface area contributed by atoms with Crippen molar-refractivity contribution < 1.29 is 9.18 Å². The fourth-order valence-electron chi connectivity index (χ4n) is 2.60. The number of rotatable bonds is 4. The summed E-state index contributed by atoms with van der Waals surface area (Å²) in [6, 6.07) is 15.9. The Morgan fingerprint density at radius 3 is 2.50 bits per heavy atom. The van der Waals surface area contributed by atoms with E-state index in [-0.39, 0.29) is 17.8 Å². The van der Waals surface area contributed by atoms with Gasteiger partial charge in [0.1, 0.15) is 11.5 Å². The normalized spacial score (nSPS) is 12.0. The summed E-state index contributed by atoms with van der Waals surface area (Å²) in [4.78, 5) is 12.5. The monoisotopic (exact) mass is 323 g/mol. The average molecular weight is 323 g/mol. The van der Waals surface area contributed by atoms with Crippen molar-refractivity contribution in [1.29, 1.82) is 0 Å². The molecule has 0 saturated carbocycles. The van der Waals surface area contributed by atoms with Gasteiger partial charge in [0.15, 0.2) is 0 Å². The van der Waals surface area contributed by atoms with Crippen LogP contribution < -0.4 is 5.32 Å². The first-order chi connectivity index (χ1) is 11.6. The van der Waals surface area contributed by atoms with Crippen molar-refractivity contribution in [2.45, 2.75) is 19.9 Å². The first-order valence-corrected chi connectivity index (χ1v) is 7.73. The zero-order chi connectivity index (χ0) is 17.1. The largest absolute Gasteiger partial charge is 0.345 e. The second-order valence-corrected chi connectivity index (χ2v) is 5.61. The third kappa shape index (κ3) is 3.06. The average Bonchev–Trinajstić information content (AvgIpc) is 2.97. The number of carbonyl (C=O) groups is 1. The van der Waals surface area contributed by atoms with Gasteiger partial charge in [0.25, 0.3) is 5.91 Å². The molecule has 1 amide bonds. The van der Waals surface area contributed by atoms with Gasteiger partial charge in [-0.3, -0.25) is 4.79 Å². The van der Waals surface area contributed by atoms with Crippen molar-refractivity contribution >= 4 is 5.91 Å². The highest BCUT2D eigenvalue weighted by Crippen LogP contribution is 2.18. The van der Waals surface area contributed by atoms with Crippen molar-refractivity contribution in [1.82, 2.24) is 15.1 Å². The summed E-state index contributed by atoms with van der Waals surface area (Å²) in [5.74, 6) is -0.611. The summed E-state index contributed by atoms with van der Waals surface area (Å²) in [6.07, 6.45) is 1.47. The van der Waals surface area contributed by atoms with Crippen molar-refractivity contribution in [3.8, 4) is 5.69 Å². The molecule has 4 nitrogen and oxygen atoms in total. The number of para-hydroxylation sites is 1. The number of carbonyl (C=O) groups excluding carboxylic acids is 1. The zero-order valence-corrected chi connectivity index (χ0v) is 13.5. The van der Waals surface area contributed by atoms with Gasteiger partial charge in [-0.15, -0.1) is 0 Å². The molecule has 0 spiro atoms. The number of amides is 1. The Balaban J connectivity index is 1.83. The number of hydrogen-bond donors (Lipinski definition) is 1. The summed E-state index contributed by atoms with van der Waals surface area (Å²) >= 11 is 0. The summed E-state index contributed by atoms with van der Waals surface area (Å²) < 4.78 is 15.4. The molecular weight excluding hydrogens is 305 g/mol. The zero-order valence-electron chi connectivity index (χ0n) is 13.5. The number of nitrogens with zero attached hydrogens (tertiary/aromatic N) is 2. The summed E-state index contributed by atoms with van der Waals surface area (Å²) in [7, 11) is 0. The predicted molar refractivity (Wildman–Crippen MR) is 90.6 cm³/mol. The van der Waals surface area contributed by atoms with Crippen LogP contribution in [0.5, 0.6) is 0 Å². The van der Waals surface area contributed by atoms with Gasteiger partial charge in [-0.05, 0) is 31.5 Å². The Bertz CT molecular complexity index is 858. The van der Waals surface area contributed by atoms with Crippen molar-refractivity contribution in [3.63, 3.8) is 0 Å². The first-order valence-electron chi connectivity index (χ1n) is 7.73. The second-order valence-electron chi connectivity index (χ2n) is 5.61. The molecule has 24 heavy (non-hydrogen) atoms. The number of halogens is 1. The van der Waals surface area contributed by atoms with Gasteiger partial charge in [0.05, 0.1) is 23.5 Å². The predicted octanol–water partition coefficient (Wildman–Crippen LogP) is 3.81. The lowest BCUT2D eigenvalue weighted by atomic mass is 10.1. The number of nitrogens with one attached hydrogen (secondary N) is 1. The molecule has 0 aliphatic carbocycles. The second kappa shape index (κ2) is 6.66. The van der Waals surface area contributed by atoms with Crippen LogP contribution in [0, 0.1) is 12.7 Å². The van der Waals surface area contributed by atoms with Gasteiger partial charge in [-0.1, -0.05) is 42.5 Å². The number of benzene rings is 2. The SMILES string of the molecule is Cc1c(C(=O)NC(C)c2ccccc2)cnn1-c1ccccc1F. The standard InChI is InChI=1S/C19H18FN3O/c1-13(15-8-4-3-5-9-15)22-19(24)16-12-21-23(14(16)2)18-11-7-6-10-17(18)20/h3-13H,1-2H3,(H,22,24). The van der Waals surface area contributed by atoms with E-state index in [1.165, 1.54) is 16.9 Å². The minimum atomic E-state index is -0.381. The molecular formula is C19H18FN3O. The van der Waals surface area contributed by atoms with Gasteiger partial charge in [-0.2, -0.15) is 5.10 Å². The van der Waals surface area contributed by atoms with Crippen LogP contribution in [0.3, 0.4) is 0 Å². The lowest BCUT2D eigenvalue weighted by molar-refractivity contribution is 0.0939. The Morgan fingerprint density at radius 1 is 1.12 bits per heavy atom. The summed E-state index contributed by atoms with van der Waals surface area (Å²) in [5.41, 5.74) is 2.37. The molecule has 5 heteroatoms. The van der Waals surface area contributed by atoms with Crippen molar-refractivity contribution in [3.05, 3.63) is 83.4 Å². The van der Waals surface area contributed by atoms with E-state index in [0.29, 0.717) is 16.9 Å². The first kappa shape index (κ1) is 15.9. The van der Waals surface area contributed by atoms with E-state index in [1.807, 2.05) is 37.3 Å². The molecule has 0 saturated heterocycles. The molecule has 0 aliphatic heterocycles. The fourth-order valence-corrected chi connectivity index (χ4v) is 2.60. The number of hydrogen-bond acceptors (Lipinski definition) is 2. The third-order valence-corrected chi connectivity index (χ3v) is 3.98. The number of aromatic nitrogens is 2. The van der Waals surface area contributed by atoms with Gasteiger partial charge in [0, 0.05) is 0 Å². The van der Waals surface area contributed by atoms with Crippen LogP contribution in [0.15, 0.2) is 60.8 Å². The summed E-state index contributed by atoms with van der Waals surface area (Å²) in [6.45, 7) is 3.67. The summed E-state index contributed by atoms with van der Waals surface area (Å²) in [5, 5.41) is 7.11. The van der Waals surface area contributed by atoms with Gasteiger partial charge >= 0.3 is 0 Å². The molecule has 3 aromatic rings. The quantitative estimate of drug-likeness (QED) is 0.793. The molecule has 0 fully saturated rings. The Kier molecular flexibility index (Phi) is 4.42. The van der Waals surface area contributed by atoms with Crippen molar-refractivity contribution in [2.24, 2.45) is 0 Å². The maximum atomic E-state index is 13.9. The third-order valence-electron chi connectivity index (χ3n) is 3.98. The molecule has 1 aromatic heterocycles. The van der Waals surface area contributed by atoms with Crippen LogP contribution in [0.4, 0.5) is 4.39 Å². The molecule has 1 heterocycles. The van der Waals surface area contributed by atoms with E-state index < -0.39 is 0 Å². The van der Waals surface area contributed by atoms with Gasteiger partial charge in [-0.25, -0.2) is 9.07 Å². The lowest BCUT2D eigenvalue weighted by Gasteiger charge is -2.14. The highest BCUT2D eigenvalue weighted by atomic mass is 19.1. The molecule has 3 rings (SSSR count). The van der Waals surface area contributed by atoms with Crippen LogP contribution in [0.1, 0.15) is 34.6 Å². The smallest absolute Gasteiger partial charge is 0.255 e. The van der Waals surface area contributed by atoms with Crippen LogP contribution >= 0.6 is 0 Å². The van der Waals surface area contributed by atoms with Crippen LogP contribution in [-0.4, -0.2) is 15.7 Å². The highest BCUT2D eigenvalue weighted by Gasteiger charge is 2.18. The molecule has 1 N–H and O–H groups in total. The maximum Gasteiger partial charge on any atom is 0.255 e. The molecule has 0 aliphatic rings. The van der Waals surface area contributed by atoms with Gasteiger partial charge in [0.2, 0.25) is 0 Å². The minimum absolute atomic E-state index is 0.130. The van der Waals surface area contributed by atoms with Crippen LogP contribution in [0.25, 0.3) is 5.69 Å².